The van der Waals surface area contributed by atoms with E-state index in [1.165, 1.54) is 6.92 Å². The van der Waals surface area contributed by atoms with Crippen LogP contribution in [0.3, 0.4) is 0 Å². The van der Waals surface area contributed by atoms with Crippen molar-refractivity contribution in [1.29, 1.82) is 0 Å². The van der Waals surface area contributed by atoms with E-state index in [4.69, 9.17) is 4.74 Å². The van der Waals surface area contributed by atoms with Gasteiger partial charge in [0, 0.05) is 37.4 Å². The molecule has 2 aromatic rings. The second-order valence-electron chi connectivity index (χ2n) is 6.67. The Hall–Kier alpha value is -3.42. The van der Waals surface area contributed by atoms with Gasteiger partial charge in [-0.2, -0.15) is 0 Å². The number of Topliss-reactive ketones (excluding diaryl/α,β-unsaturated/α-hetero) is 1. The van der Waals surface area contributed by atoms with Crippen molar-refractivity contribution < 1.29 is 19.1 Å². The van der Waals surface area contributed by atoms with Crippen LogP contribution in [0.5, 0.6) is 0 Å². The van der Waals surface area contributed by atoms with Gasteiger partial charge in [0.05, 0.1) is 18.5 Å². The molecule has 2 heterocycles. The fraction of sp³-hybridized carbons (Fsp3) is 0.333. The number of ketones is 1. The highest BCUT2D eigenvalue weighted by atomic mass is 16.6. The predicted octanol–water partition coefficient (Wildman–Crippen LogP) is 2.82. The lowest BCUT2D eigenvalue weighted by atomic mass is 10.1. The zero-order valence-electron chi connectivity index (χ0n) is 16.6. The Bertz CT molecular complexity index is 890. The van der Waals surface area contributed by atoms with Gasteiger partial charge in [-0.05, 0) is 38.1 Å². The highest BCUT2D eigenvalue weighted by Crippen LogP contribution is 2.17. The van der Waals surface area contributed by atoms with Gasteiger partial charge < -0.3 is 19.9 Å². The first kappa shape index (κ1) is 20.3. The fourth-order valence-corrected chi connectivity index (χ4v) is 3.08. The highest BCUT2D eigenvalue weighted by molar-refractivity contribution is 6.04. The summed E-state index contributed by atoms with van der Waals surface area (Å²) in [5, 5.41) is 2.76. The minimum Gasteiger partial charge on any atom is -0.450 e. The van der Waals surface area contributed by atoms with E-state index in [-0.39, 0.29) is 23.5 Å². The van der Waals surface area contributed by atoms with E-state index in [9.17, 15) is 14.4 Å². The van der Waals surface area contributed by atoms with Crippen molar-refractivity contribution >= 4 is 29.2 Å². The van der Waals surface area contributed by atoms with Crippen molar-refractivity contribution in [1.82, 2.24) is 9.88 Å². The van der Waals surface area contributed by atoms with Crippen LogP contribution in [0.15, 0.2) is 42.6 Å². The Morgan fingerprint density at radius 3 is 2.48 bits per heavy atom. The van der Waals surface area contributed by atoms with E-state index >= 15 is 0 Å². The summed E-state index contributed by atoms with van der Waals surface area (Å²) in [5.74, 6) is -0.406. The van der Waals surface area contributed by atoms with Gasteiger partial charge >= 0.3 is 6.09 Å². The predicted molar refractivity (Wildman–Crippen MR) is 109 cm³/mol. The van der Waals surface area contributed by atoms with Crippen LogP contribution < -0.4 is 10.2 Å². The topological polar surface area (TPSA) is 91.8 Å². The number of benzene rings is 1. The fourth-order valence-electron chi connectivity index (χ4n) is 3.08. The van der Waals surface area contributed by atoms with Crippen LogP contribution in [0.1, 0.15) is 34.7 Å². The minimum absolute atomic E-state index is 0.0633. The molecule has 1 aliphatic rings. The molecule has 1 saturated heterocycles. The van der Waals surface area contributed by atoms with E-state index in [2.05, 4.69) is 15.2 Å². The third kappa shape index (κ3) is 5.10. The van der Waals surface area contributed by atoms with E-state index in [0.717, 1.165) is 5.69 Å². The molecule has 0 spiro atoms. The molecule has 8 nitrogen and oxygen atoms in total. The normalized spacial score (nSPS) is 13.7. The quantitative estimate of drug-likeness (QED) is 0.782. The second kappa shape index (κ2) is 9.18. The maximum Gasteiger partial charge on any atom is 0.409 e. The summed E-state index contributed by atoms with van der Waals surface area (Å²) in [5.41, 5.74) is 2.26. The number of hydrogen-bond donors (Lipinski definition) is 1. The second-order valence-corrected chi connectivity index (χ2v) is 6.67. The molecule has 1 fully saturated rings. The Labute approximate surface area is 169 Å². The lowest BCUT2D eigenvalue weighted by molar-refractivity contribution is 0.100. The molecule has 0 saturated carbocycles. The Morgan fingerprint density at radius 2 is 1.86 bits per heavy atom. The lowest BCUT2D eigenvalue weighted by Crippen LogP contribution is -2.49. The van der Waals surface area contributed by atoms with Crippen molar-refractivity contribution in [3.63, 3.8) is 0 Å². The number of carbonyl (C=O) groups is 3. The van der Waals surface area contributed by atoms with Gasteiger partial charge in [-0.3, -0.25) is 9.59 Å². The Balaban J connectivity index is 1.59. The van der Waals surface area contributed by atoms with Crippen LogP contribution in [0, 0.1) is 0 Å². The number of piperazine rings is 1. The van der Waals surface area contributed by atoms with Gasteiger partial charge in [-0.25, -0.2) is 9.78 Å². The largest absolute Gasteiger partial charge is 0.450 e. The molecule has 0 radical (unpaired) electrons. The van der Waals surface area contributed by atoms with Crippen molar-refractivity contribution in [2.75, 3.05) is 43.0 Å². The molecule has 29 heavy (non-hydrogen) atoms. The molecule has 0 bridgehead atoms. The average molecular weight is 396 g/mol. The molecule has 0 unspecified atom stereocenters. The zero-order chi connectivity index (χ0) is 20.8. The van der Waals surface area contributed by atoms with Gasteiger partial charge in [0.2, 0.25) is 0 Å². The molecule has 8 heteroatoms. The van der Waals surface area contributed by atoms with E-state index in [1.54, 1.807) is 48.4 Å². The number of anilines is 2. The van der Waals surface area contributed by atoms with Crippen LogP contribution in [-0.2, 0) is 4.74 Å². The summed E-state index contributed by atoms with van der Waals surface area (Å²) < 4.78 is 5.03. The summed E-state index contributed by atoms with van der Waals surface area (Å²) in [6.07, 6.45) is 1.37. The molecule has 0 atom stereocenters. The van der Waals surface area contributed by atoms with Gasteiger partial charge in [0.25, 0.3) is 5.91 Å². The number of amides is 2. The molecule has 1 N–H and O–H groups in total. The van der Waals surface area contributed by atoms with Crippen molar-refractivity contribution in [2.45, 2.75) is 13.8 Å². The number of carbonyl (C=O) groups excluding carboxylic acids is 3. The minimum atomic E-state index is -0.343. The molecule has 1 aromatic heterocycles. The first-order chi connectivity index (χ1) is 14.0. The third-order valence-corrected chi connectivity index (χ3v) is 4.68. The van der Waals surface area contributed by atoms with Gasteiger partial charge in [0.1, 0.15) is 5.69 Å². The lowest BCUT2D eigenvalue weighted by Gasteiger charge is -2.35. The standard InChI is InChI=1S/C21H24N4O4/c1-3-29-21(28)25-11-9-24(10-12-25)18-7-8-19(22-14-18)20(27)23-17-6-4-5-16(13-17)15(2)26/h4-8,13-14H,3,9-12H2,1-2H3,(H,23,27). The van der Waals surface area contributed by atoms with Gasteiger partial charge in [-0.1, -0.05) is 12.1 Å². The van der Waals surface area contributed by atoms with Crippen LogP contribution in [0.25, 0.3) is 0 Å². The molecule has 1 aromatic carbocycles. The van der Waals surface area contributed by atoms with Crippen LogP contribution in [-0.4, -0.2) is 60.5 Å². The summed E-state index contributed by atoms with van der Waals surface area (Å²) in [6, 6.07) is 10.3. The van der Waals surface area contributed by atoms with E-state index in [0.29, 0.717) is 44.0 Å². The van der Waals surface area contributed by atoms with Crippen LogP contribution >= 0.6 is 0 Å². The number of pyridine rings is 1. The SMILES string of the molecule is CCOC(=O)N1CCN(c2ccc(C(=O)Nc3cccc(C(C)=O)c3)nc2)CC1. The molecule has 3 rings (SSSR count). The molecule has 152 valence electrons. The molecular weight excluding hydrogens is 372 g/mol. The molecule has 2 amide bonds. The van der Waals surface area contributed by atoms with E-state index < -0.39 is 0 Å². The van der Waals surface area contributed by atoms with Gasteiger partial charge in [-0.15, -0.1) is 0 Å². The van der Waals surface area contributed by atoms with Crippen molar-refractivity contribution in [2.24, 2.45) is 0 Å². The monoisotopic (exact) mass is 396 g/mol. The maximum atomic E-state index is 12.4. The molecule has 0 aliphatic carbocycles. The number of nitrogens with one attached hydrogen (secondary N) is 1. The number of ether oxygens (including phenoxy) is 1. The number of rotatable bonds is 5. The van der Waals surface area contributed by atoms with Crippen LogP contribution in [0.4, 0.5) is 16.2 Å². The number of aromatic nitrogens is 1. The summed E-state index contributed by atoms with van der Waals surface area (Å²) in [4.78, 5) is 43.7. The maximum absolute atomic E-state index is 12.4. The summed E-state index contributed by atoms with van der Waals surface area (Å²) in [6.45, 7) is 6.13. The smallest absolute Gasteiger partial charge is 0.409 e. The van der Waals surface area contributed by atoms with Crippen molar-refractivity contribution in [3.8, 4) is 0 Å². The average Bonchev–Trinajstić information content (AvgIpc) is 2.74. The van der Waals surface area contributed by atoms with Crippen LogP contribution in [0.2, 0.25) is 0 Å². The summed E-state index contributed by atoms with van der Waals surface area (Å²) >= 11 is 0. The Kier molecular flexibility index (Phi) is 6.43. The first-order valence-electron chi connectivity index (χ1n) is 9.53. The zero-order valence-corrected chi connectivity index (χ0v) is 16.6. The number of hydrogen-bond acceptors (Lipinski definition) is 6. The number of nitrogens with zero attached hydrogens (tertiary/aromatic N) is 3. The molecular formula is C21H24N4O4. The van der Waals surface area contributed by atoms with Crippen molar-refractivity contribution in [3.05, 3.63) is 53.9 Å². The third-order valence-electron chi connectivity index (χ3n) is 4.68. The summed E-state index contributed by atoms with van der Waals surface area (Å²) in [7, 11) is 0. The molecule has 1 aliphatic heterocycles. The Morgan fingerprint density at radius 1 is 1.10 bits per heavy atom. The van der Waals surface area contributed by atoms with Gasteiger partial charge in [0.15, 0.2) is 5.78 Å². The first-order valence-corrected chi connectivity index (χ1v) is 9.53. The highest BCUT2D eigenvalue weighted by Gasteiger charge is 2.22. The van der Waals surface area contributed by atoms with E-state index in [1.807, 2.05) is 6.07 Å².